The summed E-state index contributed by atoms with van der Waals surface area (Å²) < 4.78 is 41.9. The summed E-state index contributed by atoms with van der Waals surface area (Å²) >= 11 is 0. The Bertz CT molecular complexity index is 738. The van der Waals surface area contributed by atoms with Gasteiger partial charge in [0.25, 0.3) is 5.91 Å². The molecule has 12 heteroatoms. The second kappa shape index (κ2) is 6.09. The molecule has 0 aliphatic rings. The van der Waals surface area contributed by atoms with Crippen LogP contribution in [0.25, 0.3) is 5.65 Å². The molecule has 22 heavy (non-hydrogen) atoms. The van der Waals surface area contributed by atoms with Crippen molar-refractivity contribution < 1.29 is 22.7 Å². The summed E-state index contributed by atoms with van der Waals surface area (Å²) in [5.41, 5.74) is 4.15. The van der Waals surface area contributed by atoms with Crippen molar-refractivity contribution in [1.82, 2.24) is 24.4 Å². The Morgan fingerprint density at radius 2 is 2.14 bits per heavy atom. The molecule has 0 saturated carbocycles. The molecule has 2 aromatic heterocycles. The van der Waals surface area contributed by atoms with Crippen LogP contribution < -0.4 is 11.4 Å². The van der Waals surface area contributed by atoms with Gasteiger partial charge in [-0.2, -0.15) is 17.9 Å². The minimum Gasteiger partial charge on any atom is -0.372 e. The van der Waals surface area contributed by atoms with Gasteiger partial charge >= 0.3 is 11.9 Å². The number of imidazole rings is 1. The van der Waals surface area contributed by atoms with Crippen LogP contribution in [0.15, 0.2) is 11.1 Å². The number of ether oxygens (including phenoxy) is 1. The van der Waals surface area contributed by atoms with Crippen LogP contribution in [0.4, 0.5) is 13.2 Å². The van der Waals surface area contributed by atoms with E-state index < -0.39 is 24.4 Å². The molecular formula is C10H11F3N6O3. The molecule has 0 aliphatic heterocycles. The van der Waals surface area contributed by atoms with Crippen LogP contribution in [0.2, 0.25) is 0 Å². The van der Waals surface area contributed by atoms with Gasteiger partial charge in [-0.15, -0.1) is 5.10 Å². The molecule has 2 heterocycles. The lowest BCUT2D eigenvalue weighted by Gasteiger charge is -2.07. The second-order valence-corrected chi connectivity index (χ2v) is 4.27. The number of hydrogen-bond acceptors (Lipinski definition) is 6. The van der Waals surface area contributed by atoms with Crippen molar-refractivity contribution in [1.29, 1.82) is 0 Å². The second-order valence-electron chi connectivity index (χ2n) is 4.27. The summed E-state index contributed by atoms with van der Waals surface area (Å²) in [6.07, 6.45) is -3.19. The van der Waals surface area contributed by atoms with E-state index in [1.54, 1.807) is 0 Å². The molecule has 0 spiro atoms. The predicted molar refractivity (Wildman–Crippen MR) is 65.1 cm³/mol. The lowest BCUT2D eigenvalue weighted by molar-refractivity contribution is -0.174. The first-order valence-electron chi connectivity index (χ1n) is 6.05. The van der Waals surface area contributed by atoms with Crippen molar-refractivity contribution in [2.75, 3.05) is 13.2 Å². The predicted octanol–water partition coefficient (Wildman–Crippen LogP) is -0.646. The monoisotopic (exact) mass is 320 g/mol. The number of aromatic nitrogens is 5. The van der Waals surface area contributed by atoms with Gasteiger partial charge in [-0.05, 0) is 6.42 Å². The lowest BCUT2D eigenvalue weighted by Crippen LogP contribution is -2.30. The average Bonchev–Trinajstić information content (AvgIpc) is 2.84. The number of nitrogens with two attached hydrogens (primary N) is 1. The third-order valence-electron chi connectivity index (χ3n) is 2.57. The number of alkyl halides is 3. The van der Waals surface area contributed by atoms with E-state index in [0.717, 1.165) is 15.4 Å². The summed E-state index contributed by atoms with van der Waals surface area (Å²) in [6.45, 7) is -1.54. The van der Waals surface area contributed by atoms with Crippen molar-refractivity contribution >= 4 is 11.6 Å². The highest BCUT2D eigenvalue weighted by Gasteiger charge is 2.27. The van der Waals surface area contributed by atoms with Gasteiger partial charge in [0.15, 0.2) is 11.3 Å². The van der Waals surface area contributed by atoms with E-state index >= 15 is 0 Å². The molecule has 0 aliphatic carbocycles. The van der Waals surface area contributed by atoms with Gasteiger partial charge in [0.05, 0.1) is 6.54 Å². The van der Waals surface area contributed by atoms with Gasteiger partial charge in [0.2, 0.25) is 0 Å². The number of primary amides is 1. The van der Waals surface area contributed by atoms with Gasteiger partial charge in [0.1, 0.15) is 12.9 Å². The first-order valence-corrected chi connectivity index (χ1v) is 6.05. The third kappa shape index (κ3) is 3.58. The van der Waals surface area contributed by atoms with Crippen LogP contribution in [0.1, 0.15) is 16.9 Å². The van der Waals surface area contributed by atoms with Gasteiger partial charge in [-0.25, -0.2) is 14.2 Å². The molecule has 0 radical (unpaired) electrons. The summed E-state index contributed by atoms with van der Waals surface area (Å²) in [4.78, 5) is 26.7. The number of rotatable bonds is 6. The molecule has 0 bridgehead atoms. The molecule has 120 valence electrons. The van der Waals surface area contributed by atoms with E-state index in [4.69, 9.17) is 5.73 Å². The van der Waals surface area contributed by atoms with E-state index in [0.29, 0.717) is 0 Å². The Kier molecular flexibility index (Phi) is 4.40. The number of fused-ring (bicyclic) bond motifs is 1. The molecule has 0 atom stereocenters. The number of aryl methyl sites for hydroxylation is 1. The molecule has 2 rings (SSSR count). The number of carbonyl (C=O) groups excluding carboxylic acids is 1. The summed E-state index contributed by atoms with van der Waals surface area (Å²) in [5, 5.41) is 7.23. The van der Waals surface area contributed by atoms with Crippen molar-refractivity contribution in [2.45, 2.75) is 19.1 Å². The standard InChI is InChI=1S/C10H11F3N6O3/c11-10(12,13)4-22-3-1-2-19-9(21)18-5-15-6(7(14)20)8(18)16-17-19/h5H,1-4H2,(H2,14,20). The first kappa shape index (κ1) is 15.9. The van der Waals surface area contributed by atoms with Crippen LogP contribution in [0.3, 0.4) is 0 Å². The maximum absolute atomic E-state index is 12.0. The zero-order valence-electron chi connectivity index (χ0n) is 11.1. The zero-order valence-corrected chi connectivity index (χ0v) is 11.1. The molecule has 0 fully saturated rings. The van der Waals surface area contributed by atoms with Crippen molar-refractivity contribution in [2.24, 2.45) is 5.73 Å². The average molecular weight is 320 g/mol. The van der Waals surface area contributed by atoms with Crippen LogP contribution in [0.5, 0.6) is 0 Å². The highest BCUT2D eigenvalue weighted by molar-refractivity contribution is 5.96. The van der Waals surface area contributed by atoms with Crippen molar-refractivity contribution in [3.63, 3.8) is 0 Å². The Labute approximate surface area is 120 Å². The smallest absolute Gasteiger partial charge is 0.372 e. The molecular weight excluding hydrogens is 309 g/mol. The van der Waals surface area contributed by atoms with Gasteiger partial charge in [-0.3, -0.25) is 4.79 Å². The van der Waals surface area contributed by atoms with E-state index in [1.165, 1.54) is 0 Å². The SMILES string of the molecule is NC(=O)c1ncn2c(=O)n(CCCOCC(F)(F)F)nnc12. The highest BCUT2D eigenvalue weighted by atomic mass is 19.4. The quantitative estimate of drug-likeness (QED) is 0.707. The fourth-order valence-corrected chi connectivity index (χ4v) is 1.65. The van der Waals surface area contributed by atoms with Crippen LogP contribution in [-0.2, 0) is 11.3 Å². The number of amides is 1. The summed E-state index contributed by atoms with van der Waals surface area (Å²) in [6, 6.07) is 0. The summed E-state index contributed by atoms with van der Waals surface area (Å²) in [5.74, 6) is -0.852. The van der Waals surface area contributed by atoms with E-state index in [9.17, 15) is 22.8 Å². The van der Waals surface area contributed by atoms with Crippen molar-refractivity contribution in [3.05, 3.63) is 22.5 Å². The highest BCUT2D eigenvalue weighted by Crippen LogP contribution is 2.14. The minimum atomic E-state index is -4.39. The van der Waals surface area contributed by atoms with E-state index in [1.807, 2.05) is 0 Å². The topological polar surface area (TPSA) is 117 Å². The molecule has 0 aromatic carbocycles. The van der Waals surface area contributed by atoms with Crippen LogP contribution >= 0.6 is 0 Å². The van der Waals surface area contributed by atoms with E-state index in [2.05, 4.69) is 20.0 Å². The van der Waals surface area contributed by atoms with Gasteiger partial charge in [0, 0.05) is 6.61 Å². The zero-order chi connectivity index (χ0) is 16.3. The Morgan fingerprint density at radius 1 is 1.41 bits per heavy atom. The largest absolute Gasteiger partial charge is 0.411 e. The number of halogens is 3. The molecule has 9 nitrogen and oxygen atoms in total. The molecule has 0 saturated heterocycles. The number of nitrogens with zero attached hydrogens (tertiary/aromatic N) is 5. The van der Waals surface area contributed by atoms with Gasteiger partial charge in [-0.1, -0.05) is 5.21 Å². The maximum Gasteiger partial charge on any atom is 0.411 e. The van der Waals surface area contributed by atoms with E-state index in [-0.39, 0.29) is 30.9 Å². The molecule has 1 amide bonds. The lowest BCUT2D eigenvalue weighted by atomic mass is 10.4. The van der Waals surface area contributed by atoms with Gasteiger partial charge < -0.3 is 10.5 Å². The Morgan fingerprint density at radius 3 is 2.77 bits per heavy atom. The fraction of sp³-hybridized carbons (Fsp3) is 0.500. The first-order chi connectivity index (χ1) is 10.3. The number of hydrogen-bond donors (Lipinski definition) is 1. The van der Waals surface area contributed by atoms with Crippen LogP contribution in [-0.4, -0.2) is 49.7 Å². The Hall–Kier alpha value is -2.50. The fourth-order valence-electron chi connectivity index (χ4n) is 1.65. The Balaban J connectivity index is 2.03. The van der Waals surface area contributed by atoms with Crippen LogP contribution in [0, 0.1) is 0 Å². The normalized spacial score (nSPS) is 12.0. The maximum atomic E-state index is 12.0. The summed E-state index contributed by atoms with van der Waals surface area (Å²) in [7, 11) is 0. The molecule has 2 aromatic rings. The molecule has 0 unspecified atom stereocenters. The number of carbonyl (C=O) groups is 1. The van der Waals surface area contributed by atoms with Crippen molar-refractivity contribution in [3.8, 4) is 0 Å². The minimum absolute atomic E-state index is 0.00369. The molecule has 2 N–H and O–H groups in total. The third-order valence-corrected chi connectivity index (χ3v) is 2.57.